The maximum Gasteiger partial charge on any atom is 0.171 e. The van der Waals surface area contributed by atoms with Crippen LogP contribution in [0.4, 0.5) is 5.69 Å². The van der Waals surface area contributed by atoms with Crippen molar-refractivity contribution < 1.29 is 14.2 Å². The molecule has 1 unspecified atom stereocenters. The number of hydrogen-bond donors (Lipinski definition) is 2. The highest BCUT2D eigenvalue weighted by Gasteiger charge is 2.15. The molecule has 0 saturated carbocycles. The molecular formula is C18H21ClN2O3S. The van der Waals surface area contributed by atoms with Gasteiger partial charge in [0.25, 0.3) is 0 Å². The summed E-state index contributed by atoms with van der Waals surface area (Å²) < 4.78 is 16.0. The zero-order valence-electron chi connectivity index (χ0n) is 14.6. The fraction of sp³-hybridized carbons (Fsp3) is 0.278. The summed E-state index contributed by atoms with van der Waals surface area (Å²) in [7, 11) is 4.85. The minimum absolute atomic E-state index is 0.102. The Balaban J connectivity index is 2.14. The number of rotatable bonds is 6. The van der Waals surface area contributed by atoms with Crippen molar-refractivity contribution >= 4 is 34.6 Å². The molecule has 2 N–H and O–H groups in total. The second kappa shape index (κ2) is 8.78. The van der Waals surface area contributed by atoms with E-state index in [-0.39, 0.29) is 6.04 Å². The molecule has 25 heavy (non-hydrogen) atoms. The second-order valence-corrected chi connectivity index (χ2v) is 6.12. The average molecular weight is 381 g/mol. The predicted octanol–water partition coefficient (Wildman–Crippen LogP) is 4.41. The Morgan fingerprint density at radius 3 is 2.32 bits per heavy atom. The van der Waals surface area contributed by atoms with E-state index in [1.165, 1.54) is 0 Å². The van der Waals surface area contributed by atoms with E-state index in [1.807, 2.05) is 25.1 Å². The van der Waals surface area contributed by atoms with Crippen molar-refractivity contribution in [3.8, 4) is 17.2 Å². The summed E-state index contributed by atoms with van der Waals surface area (Å²) in [5.74, 6) is 2.16. The van der Waals surface area contributed by atoms with Gasteiger partial charge in [0.1, 0.15) is 17.2 Å². The highest BCUT2D eigenvalue weighted by atomic mass is 35.5. The summed E-state index contributed by atoms with van der Waals surface area (Å²) in [6.45, 7) is 1.99. The molecule has 0 aliphatic rings. The first-order valence-electron chi connectivity index (χ1n) is 7.61. The molecule has 2 aromatic carbocycles. The van der Waals surface area contributed by atoms with Crippen LogP contribution in [-0.4, -0.2) is 26.4 Å². The first kappa shape index (κ1) is 19.1. The maximum absolute atomic E-state index is 6.04. The molecule has 5 nitrogen and oxygen atoms in total. The molecule has 7 heteroatoms. The average Bonchev–Trinajstić information content (AvgIpc) is 2.61. The molecule has 2 rings (SSSR count). The number of nitrogens with one attached hydrogen (secondary N) is 2. The van der Waals surface area contributed by atoms with Crippen LogP contribution in [0.15, 0.2) is 36.4 Å². The van der Waals surface area contributed by atoms with E-state index in [4.69, 9.17) is 38.0 Å². The van der Waals surface area contributed by atoms with Gasteiger partial charge in [-0.25, -0.2) is 0 Å². The van der Waals surface area contributed by atoms with Gasteiger partial charge in [0.05, 0.1) is 33.1 Å². The lowest BCUT2D eigenvalue weighted by molar-refractivity contribution is 0.395. The lowest BCUT2D eigenvalue weighted by Gasteiger charge is -2.21. The molecule has 0 radical (unpaired) electrons. The Labute approximate surface area is 158 Å². The number of halogens is 1. The molecule has 0 amide bonds. The van der Waals surface area contributed by atoms with Gasteiger partial charge < -0.3 is 24.8 Å². The minimum atomic E-state index is -0.102. The second-order valence-electron chi connectivity index (χ2n) is 5.27. The van der Waals surface area contributed by atoms with Crippen LogP contribution in [0.3, 0.4) is 0 Å². The maximum atomic E-state index is 6.04. The fourth-order valence-corrected chi connectivity index (χ4v) is 2.85. The first-order valence-corrected chi connectivity index (χ1v) is 8.40. The Morgan fingerprint density at radius 1 is 1.00 bits per heavy atom. The molecule has 1 atom stereocenters. The van der Waals surface area contributed by atoms with Crippen molar-refractivity contribution in [1.82, 2.24) is 5.32 Å². The van der Waals surface area contributed by atoms with E-state index in [9.17, 15) is 0 Å². The topological polar surface area (TPSA) is 51.8 Å². The summed E-state index contributed by atoms with van der Waals surface area (Å²) in [4.78, 5) is 0. The van der Waals surface area contributed by atoms with E-state index in [1.54, 1.807) is 39.5 Å². The Morgan fingerprint density at radius 2 is 1.68 bits per heavy atom. The molecule has 134 valence electrons. The highest BCUT2D eigenvalue weighted by Crippen LogP contribution is 2.30. The van der Waals surface area contributed by atoms with Crippen LogP contribution >= 0.6 is 23.8 Å². The normalized spacial score (nSPS) is 11.4. The monoisotopic (exact) mass is 380 g/mol. The van der Waals surface area contributed by atoms with Crippen LogP contribution in [-0.2, 0) is 0 Å². The van der Waals surface area contributed by atoms with Gasteiger partial charge in [-0.15, -0.1) is 0 Å². The van der Waals surface area contributed by atoms with Gasteiger partial charge >= 0.3 is 0 Å². The summed E-state index contributed by atoms with van der Waals surface area (Å²) in [5.41, 5.74) is 1.63. The SMILES string of the molecule is COc1ccc(OC)c(C(C)NC(=S)Nc2cc(Cl)ccc2OC)c1. The van der Waals surface area contributed by atoms with Gasteiger partial charge in [0.15, 0.2) is 5.11 Å². The molecule has 0 fully saturated rings. The number of ether oxygens (including phenoxy) is 3. The van der Waals surface area contributed by atoms with Crippen LogP contribution < -0.4 is 24.8 Å². The predicted molar refractivity (Wildman–Crippen MR) is 105 cm³/mol. The molecular weight excluding hydrogens is 360 g/mol. The lowest BCUT2D eigenvalue weighted by atomic mass is 10.1. The van der Waals surface area contributed by atoms with Crippen LogP contribution in [0.5, 0.6) is 17.2 Å². The number of benzene rings is 2. The molecule has 0 aliphatic heterocycles. The molecule has 0 spiro atoms. The number of anilines is 1. The molecule has 0 saturated heterocycles. The summed E-state index contributed by atoms with van der Waals surface area (Å²) in [5, 5.41) is 7.37. The largest absolute Gasteiger partial charge is 0.497 e. The van der Waals surface area contributed by atoms with Gasteiger partial charge in [-0.3, -0.25) is 0 Å². The first-order chi connectivity index (χ1) is 12.0. The Bertz CT molecular complexity index is 755. The molecule has 0 aromatic heterocycles. The molecule has 0 bridgehead atoms. The summed E-state index contributed by atoms with van der Waals surface area (Å²) >= 11 is 11.5. The minimum Gasteiger partial charge on any atom is -0.497 e. The van der Waals surface area contributed by atoms with Gasteiger partial charge in [0, 0.05) is 10.6 Å². The number of methoxy groups -OCH3 is 3. The number of hydrogen-bond acceptors (Lipinski definition) is 4. The number of thiocarbonyl (C=S) groups is 1. The zero-order chi connectivity index (χ0) is 18.4. The van der Waals surface area contributed by atoms with Crippen molar-refractivity contribution in [3.63, 3.8) is 0 Å². The third kappa shape index (κ3) is 4.90. The van der Waals surface area contributed by atoms with E-state index in [0.29, 0.717) is 21.6 Å². The van der Waals surface area contributed by atoms with E-state index in [2.05, 4.69) is 10.6 Å². The van der Waals surface area contributed by atoms with Crippen molar-refractivity contribution in [2.45, 2.75) is 13.0 Å². The molecule has 2 aromatic rings. The zero-order valence-corrected chi connectivity index (χ0v) is 16.1. The Kier molecular flexibility index (Phi) is 6.73. The van der Waals surface area contributed by atoms with Crippen molar-refractivity contribution in [2.24, 2.45) is 0 Å². The standard InChI is InChI=1S/C18H21ClN2O3S/c1-11(14-10-13(22-2)6-8-16(14)23-3)20-18(25)21-15-9-12(19)5-7-17(15)24-4/h5-11H,1-4H3,(H2,20,21,25). The van der Waals surface area contributed by atoms with Crippen LogP contribution in [0.1, 0.15) is 18.5 Å². The highest BCUT2D eigenvalue weighted by molar-refractivity contribution is 7.80. The smallest absolute Gasteiger partial charge is 0.171 e. The van der Waals surface area contributed by atoms with Gasteiger partial charge in [0.2, 0.25) is 0 Å². The molecule has 0 heterocycles. The van der Waals surface area contributed by atoms with Gasteiger partial charge in [-0.2, -0.15) is 0 Å². The van der Waals surface area contributed by atoms with E-state index in [0.717, 1.165) is 17.1 Å². The summed E-state index contributed by atoms with van der Waals surface area (Å²) in [6.07, 6.45) is 0. The summed E-state index contributed by atoms with van der Waals surface area (Å²) in [6, 6.07) is 10.8. The third-order valence-corrected chi connectivity index (χ3v) is 4.12. The Hall–Kier alpha value is -2.18. The van der Waals surface area contributed by atoms with Gasteiger partial charge in [-0.05, 0) is 55.5 Å². The van der Waals surface area contributed by atoms with Crippen molar-refractivity contribution in [1.29, 1.82) is 0 Å². The van der Waals surface area contributed by atoms with Crippen LogP contribution in [0, 0.1) is 0 Å². The fourth-order valence-electron chi connectivity index (χ4n) is 2.39. The van der Waals surface area contributed by atoms with Crippen LogP contribution in [0.2, 0.25) is 5.02 Å². The molecule has 0 aliphatic carbocycles. The third-order valence-electron chi connectivity index (χ3n) is 3.66. The van der Waals surface area contributed by atoms with E-state index < -0.39 is 0 Å². The van der Waals surface area contributed by atoms with Crippen LogP contribution in [0.25, 0.3) is 0 Å². The van der Waals surface area contributed by atoms with Crippen molar-refractivity contribution in [3.05, 3.63) is 47.0 Å². The van der Waals surface area contributed by atoms with E-state index >= 15 is 0 Å². The van der Waals surface area contributed by atoms with Crippen molar-refractivity contribution in [2.75, 3.05) is 26.6 Å². The quantitative estimate of drug-likeness (QED) is 0.724. The van der Waals surface area contributed by atoms with Gasteiger partial charge in [-0.1, -0.05) is 11.6 Å². The lowest BCUT2D eigenvalue weighted by Crippen LogP contribution is -2.31.